The standard InChI is InChI=1S/C47H71N11O9/c1-9-16-32(38(60)43(64)50-25-36(59)52-33(23-28(2)3)45(66)57(7)8)53-40(61)31-26-58(46(67)51-30-19-14-11-15-20-30)27-35(31)54-44(65)39(47(4,5)6)56-42(63)37(29-17-12-10-13-18-29)55-41(62)34-24-48-21-22-49-34/h11,14-15,19-22,24,28-29,31-33,35,37-39,60H,9-10,12-13,16-18,23,25-27H2,1-8H3,(H,50,64)(H,51,67)(H,52,59)(H,53,61)(H,54,65)(H,55,62)(H,56,63)/t31-,32+,33+,35+,37+,38?,39-/m1/s1. The number of likely N-dealkylation sites (N-methyl/N-ethyl adjacent to an activating group) is 1. The molecule has 4 rings (SSSR count). The van der Waals surface area contributed by atoms with Crippen molar-refractivity contribution in [3.05, 3.63) is 54.6 Å². The van der Waals surface area contributed by atoms with Crippen LogP contribution in [0.3, 0.4) is 0 Å². The van der Waals surface area contributed by atoms with Crippen molar-refractivity contribution >= 4 is 53.1 Å². The Morgan fingerprint density at radius 2 is 1.55 bits per heavy atom. The third kappa shape index (κ3) is 16.0. The maximum absolute atomic E-state index is 14.5. The van der Waals surface area contributed by atoms with E-state index in [2.05, 4.69) is 47.2 Å². The topological polar surface area (TPSA) is 273 Å². The Labute approximate surface area is 393 Å². The zero-order valence-electron chi connectivity index (χ0n) is 40.1. The highest BCUT2D eigenvalue weighted by Gasteiger charge is 2.45. The SMILES string of the molecule is CCC[C@H](NC(=O)[C@@H]1CN(C(=O)Nc2ccccc2)C[C@@H]1NC(=O)[C@@H](NC(=O)[C@@H](NC(=O)c1cnccn1)C1CCCCC1)C(C)(C)C)C(O)C(=O)NCC(=O)N[C@@H](CC(C)C)C(=O)N(C)C. The lowest BCUT2D eigenvalue weighted by Crippen LogP contribution is -2.61. The van der Waals surface area contributed by atoms with Crippen LogP contribution in [-0.2, 0) is 28.8 Å². The quantitative estimate of drug-likeness (QED) is 0.0947. The molecule has 0 radical (unpaired) electrons. The molecule has 1 saturated carbocycles. The molecule has 0 spiro atoms. The van der Waals surface area contributed by atoms with Crippen molar-refractivity contribution in [2.75, 3.05) is 39.0 Å². The number of amides is 9. The number of hydrogen-bond acceptors (Lipinski definition) is 11. The van der Waals surface area contributed by atoms with Crippen molar-refractivity contribution < 1.29 is 43.5 Å². The lowest BCUT2D eigenvalue weighted by atomic mass is 9.82. The number of hydrogen-bond donors (Lipinski definition) is 8. The van der Waals surface area contributed by atoms with Crippen LogP contribution in [0.1, 0.15) is 103 Å². The number of likely N-dealkylation sites (tertiary alicyclic amines) is 1. The summed E-state index contributed by atoms with van der Waals surface area (Å²) in [6, 6.07) is 3.03. The fourth-order valence-electron chi connectivity index (χ4n) is 8.39. The Kier molecular flexibility index (Phi) is 20.0. The van der Waals surface area contributed by atoms with Crippen LogP contribution in [0.2, 0.25) is 0 Å². The molecular formula is C47H71N11O9. The molecule has 2 heterocycles. The Morgan fingerprint density at radius 1 is 0.866 bits per heavy atom. The highest BCUT2D eigenvalue weighted by Crippen LogP contribution is 2.28. The molecule has 2 aliphatic rings. The van der Waals surface area contributed by atoms with Crippen LogP contribution in [0.15, 0.2) is 48.9 Å². The van der Waals surface area contributed by atoms with E-state index in [1.807, 2.05) is 13.8 Å². The van der Waals surface area contributed by atoms with Crippen LogP contribution in [-0.4, -0.2) is 142 Å². The van der Waals surface area contributed by atoms with Crippen LogP contribution in [0.25, 0.3) is 0 Å². The first-order valence-corrected chi connectivity index (χ1v) is 23.2. The average molecular weight is 934 g/mol. The number of nitrogens with zero attached hydrogens (tertiary/aromatic N) is 4. The Bertz CT molecular complexity index is 2010. The van der Waals surface area contributed by atoms with E-state index < -0.39 is 95.7 Å². The van der Waals surface area contributed by atoms with Crippen molar-refractivity contribution in [1.29, 1.82) is 0 Å². The van der Waals surface area contributed by atoms with Crippen LogP contribution in [0.5, 0.6) is 0 Å². The van der Waals surface area contributed by atoms with E-state index in [-0.39, 0.29) is 42.9 Å². The molecule has 1 aromatic carbocycles. The van der Waals surface area contributed by atoms with Crippen LogP contribution < -0.4 is 37.2 Å². The van der Waals surface area contributed by atoms with Crippen molar-refractivity contribution in [2.45, 2.75) is 129 Å². The van der Waals surface area contributed by atoms with Crippen molar-refractivity contribution in [3.63, 3.8) is 0 Å². The van der Waals surface area contributed by atoms with E-state index in [0.717, 1.165) is 19.3 Å². The fraction of sp³-hybridized carbons (Fsp3) is 0.617. The molecule has 7 atom stereocenters. The van der Waals surface area contributed by atoms with Gasteiger partial charge in [0.15, 0.2) is 6.10 Å². The molecule has 2 fully saturated rings. The first kappa shape index (κ1) is 53.4. The predicted molar refractivity (Wildman–Crippen MR) is 250 cm³/mol. The number of aliphatic hydroxyl groups is 1. The molecule has 1 aliphatic heterocycles. The number of aromatic nitrogens is 2. The molecule has 1 aliphatic carbocycles. The molecule has 20 nitrogen and oxygen atoms in total. The number of carbonyl (C=O) groups excluding carboxylic acids is 8. The largest absolute Gasteiger partial charge is 0.381 e. The minimum Gasteiger partial charge on any atom is -0.381 e. The van der Waals surface area contributed by atoms with Gasteiger partial charge in [0, 0.05) is 45.3 Å². The Balaban J connectivity index is 1.53. The Morgan fingerprint density at radius 3 is 2.15 bits per heavy atom. The number of carbonyl (C=O) groups is 8. The highest BCUT2D eigenvalue weighted by molar-refractivity contribution is 5.98. The van der Waals surface area contributed by atoms with E-state index >= 15 is 0 Å². The zero-order chi connectivity index (χ0) is 49.4. The van der Waals surface area contributed by atoms with Crippen molar-refractivity contribution in [2.24, 2.45) is 23.2 Å². The van der Waals surface area contributed by atoms with Crippen LogP contribution in [0, 0.1) is 23.2 Å². The van der Waals surface area contributed by atoms with Gasteiger partial charge in [-0.3, -0.25) is 38.5 Å². The van der Waals surface area contributed by atoms with Gasteiger partial charge in [-0.25, -0.2) is 9.78 Å². The van der Waals surface area contributed by atoms with Gasteiger partial charge in [0.1, 0.15) is 23.8 Å². The first-order valence-electron chi connectivity index (χ1n) is 23.2. The lowest BCUT2D eigenvalue weighted by Gasteiger charge is -2.35. The summed E-state index contributed by atoms with van der Waals surface area (Å²) in [5.41, 5.74) is -0.347. The predicted octanol–water partition coefficient (Wildman–Crippen LogP) is 1.72. The van der Waals surface area contributed by atoms with Crippen molar-refractivity contribution in [3.8, 4) is 0 Å². The number of anilines is 1. The van der Waals surface area contributed by atoms with Gasteiger partial charge in [0.25, 0.3) is 11.8 Å². The monoisotopic (exact) mass is 934 g/mol. The highest BCUT2D eigenvalue weighted by atomic mass is 16.3. The molecule has 1 unspecified atom stereocenters. The number of aliphatic hydroxyl groups excluding tert-OH is 1. The summed E-state index contributed by atoms with van der Waals surface area (Å²) in [6.45, 7) is 10.1. The van der Waals surface area contributed by atoms with Gasteiger partial charge in [-0.2, -0.15) is 0 Å². The van der Waals surface area contributed by atoms with E-state index in [1.165, 1.54) is 28.4 Å². The van der Waals surface area contributed by atoms with E-state index in [0.29, 0.717) is 31.4 Å². The van der Waals surface area contributed by atoms with Gasteiger partial charge in [-0.15, -0.1) is 0 Å². The maximum Gasteiger partial charge on any atom is 0.321 e. The molecule has 368 valence electrons. The average Bonchev–Trinajstić information content (AvgIpc) is 3.72. The van der Waals surface area contributed by atoms with Crippen molar-refractivity contribution in [1.82, 2.24) is 51.7 Å². The van der Waals surface area contributed by atoms with E-state index in [9.17, 15) is 43.5 Å². The summed E-state index contributed by atoms with van der Waals surface area (Å²) in [5, 5.41) is 30.6. The maximum atomic E-state index is 14.5. The molecule has 2 aromatic rings. The third-order valence-electron chi connectivity index (χ3n) is 12.0. The van der Waals surface area contributed by atoms with Gasteiger partial charge < -0.3 is 52.1 Å². The molecule has 67 heavy (non-hydrogen) atoms. The minimum absolute atomic E-state index is 0.0365. The lowest BCUT2D eigenvalue weighted by molar-refractivity contribution is -0.136. The van der Waals surface area contributed by atoms with Gasteiger partial charge in [0.05, 0.1) is 30.7 Å². The first-order chi connectivity index (χ1) is 31.7. The fourth-order valence-corrected chi connectivity index (χ4v) is 8.39. The second-order valence-corrected chi connectivity index (χ2v) is 19.2. The summed E-state index contributed by atoms with van der Waals surface area (Å²) >= 11 is 0. The molecule has 1 saturated heterocycles. The second-order valence-electron chi connectivity index (χ2n) is 19.2. The van der Waals surface area contributed by atoms with Gasteiger partial charge in [-0.1, -0.05) is 85.4 Å². The van der Waals surface area contributed by atoms with Gasteiger partial charge >= 0.3 is 6.03 Å². The number of rotatable bonds is 20. The van der Waals surface area contributed by atoms with Gasteiger partial charge in [0.2, 0.25) is 29.5 Å². The van der Waals surface area contributed by atoms with Gasteiger partial charge in [-0.05, 0) is 55.1 Å². The number of para-hydroxylation sites is 1. The van der Waals surface area contributed by atoms with Crippen LogP contribution >= 0.6 is 0 Å². The number of urea groups is 1. The summed E-state index contributed by atoms with van der Waals surface area (Å²) in [5.74, 6) is -5.53. The molecule has 1 aromatic heterocycles. The molecule has 0 bridgehead atoms. The van der Waals surface area contributed by atoms with E-state index in [1.54, 1.807) is 72.1 Å². The molecule has 8 N–H and O–H groups in total. The molecular weight excluding hydrogens is 863 g/mol. The normalized spacial score (nSPS) is 18.6. The summed E-state index contributed by atoms with van der Waals surface area (Å²) in [6.07, 6.45) is 7.38. The second kappa shape index (κ2) is 25.1. The molecule has 20 heteroatoms. The molecule has 9 amide bonds. The summed E-state index contributed by atoms with van der Waals surface area (Å²) in [4.78, 5) is 120. The van der Waals surface area contributed by atoms with Crippen LogP contribution in [0.4, 0.5) is 10.5 Å². The Hall–Kier alpha value is -6.18. The smallest absolute Gasteiger partial charge is 0.321 e. The van der Waals surface area contributed by atoms with E-state index in [4.69, 9.17) is 0 Å². The summed E-state index contributed by atoms with van der Waals surface area (Å²) < 4.78 is 0. The summed E-state index contributed by atoms with van der Waals surface area (Å²) in [7, 11) is 3.15. The number of benzene rings is 1. The zero-order valence-corrected chi connectivity index (χ0v) is 40.1. The third-order valence-corrected chi connectivity index (χ3v) is 12.0. The number of nitrogens with one attached hydrogen (secondary N) is 7. The minimum atomic E-state index is -1.80.